The molecule has 2 aromatic rings. The summed E-state index contributed by atoms with van der Waals surface area (Å²) in [4.78, 5) is 20.7. The summed E-state index contributed by atoms with van der Waals surface area (Å²) >= 11 is 0. The number of nitrogens with one attached hydrogen (secondary N) is 1. The van der Waals surface area contributed by atoms with Gasteiger partial charge in [-0.1, -0.05) is 25.5 Å². The van der Waals surface area contributed by atoms with Crippen LogP contribution in [0.3, 0.4) is 0 Å². The van der Waals surface area contributed by atoms with Gasteiger partial charge in [-0.15, -0.1) is 12.4 Å². The number of halogens is 1. The molecule has 5 nitrogen and oxygen atoms in total. The third kappa shape index (κ3) is 5.01. The maximum Gasteiger partial charge on any atom is 0.244 e. The van der Waals surface area contributed by atoms with Crippen LogP contribution < -0.4 is 11.1 Å². The van der Waals surface area contributed by atoms with Crippen molar-refractivity contribution in [3.63, 3.8) is 0 Å². The third-order valence-corrected chi connectivity index (χ3v) is 3.48. The molecule has 3 N–H and O–H groups in total. The lowest BCUT2D eigenvalue weighted by Gasteiger charge is -2.23. The number of anilines is 1. The molecule has 0 aliphatic carbocycles. The Hall–Kier alpha value is -1.98. The largest absolute Gasteiger partial charge is 0.324 e. The van der Waals surface area contributed by atoms with Crippen LogP contribution in [0.1, 0.15) is 32.5 Å². The number of rotatable bonds is 5. The summed E-state index contributed by atoms with van der Waals surface area (Å²) in [6, 6.07) is 9.42. The molecule has 0 radical (unpaired) electrons. The number of nitrogens with two attached hydrogens (primary N) is 1. The molecular formula is C17H23ClN4O. The molecule has 0 spiro atoms. The van der Waals surface area contributed by atoms with Crippen LogP contribution >= 0.6 is 12.4 Å². The number of nitrogens with zero attached hydrogens (tertiary/aromatic N) is 2. The van der Waals surface area contributed by atoms with Crippen LogP contribution in [0.25, 0.3) is 11.3 Å². The van der Waals surface area contributed by atoms with Gasteiger partial charge in [-0.25, -0.2) is 9.97 Å². The molecule has 0 aliphatic heterocycles. The summed E-state index contributed by atoms with van der Waals surface area (Å²) in [5.41, 5.74) is 7.66. The molecule has 1 heterocycles. The highest BCUT2D eigenvalue weighted by Gasteiger charge is 2.27. The Morgan fingerprint density at radius 1 is 1.35 bits per heavy atom. The number of carbonyl (C=O) groups is 1. The van der Waals surface area contributed by atoms with Crippen LogP contribution in [0.15, 0.2) is 36.5 Å². The lowest BCUT2D eigenvalue weighted by atomic mass is 9.96. The van der Waals surface area contributed by atoms with Crippen molar-refractivity contribution < 1.29 is 4.79 Å². The smallest absolute Gasteiger partial charge is 0.244 e. The van der Waals surface area contributed by atoms with Crippen LogP contribution in [0, 0.1) is 6.92 Å². The number of amides is 1. The lowest BCUT2D eigenvalue weighted by Crippen LogP contribution is -2.48. The van der Waals surface area contributed by atoms with Gasteiger partial charge in [0.2, 0.25) is 5.91 Å². The molecule has 1 unspecified atom stereocenters. The van der Waals surface area contributed by atoms with Crippen LogP contribution in [0.5, 0.6) is 0 Å². The molecule has 0 aliphatic rings. The molecular weight excluding hydrogens is 312 g/mol. The molecule has 1 amide bonds. The minimum atomic E-state index is -0.865. The number of hydrogen-bond donors (Lipinski definition) is 2. The minimum Gasteiger partial charge on any atom is -0.324 e. The van der Waals surface area contributed by atoms with Crippen molar-refractivity contribution in [1.29, 1.82) is 0 Å². The summed E-state index contributed by atoms with van der Waals surface area (Å²) in [7, 11) is 0. The van der Waals surface area contributed by atoms with E-state index in [0.717, 1.165) is 17.7 Å². The van der Waals surface area contributed by atoms with Gasteiger partial charge in [0.05, 0.1) is 11.2 Å². The summed E-state index contributed by atoms with van der Waals surface area (Å²) in [5.74, 6) is 0.537. The quantitative estimate of drug-likeness (QED) is 0.878. The molecule has 0 saturated carbocycles. The van der Waals surface area contributed by atoms with E-state index in [2.05, 4.69) is 15.3 Å². The Balaban J connectivity index is 0.00000264. The lowest BCUT2D eigenvalue weighted by molar-refractivity contribution is -0.120. The average Bonchev–Trinajstić information content (AvgIpc) is 2.47. The first kappa shape index (κ1) is 19.1. The van der Waals surface area contributed by atoms with Gasteiger partial charge >= 0.3 is 0 Å². The molecule has 1 aromatic carbocycles. The van der Waals surface area contributed by atoms with E-state index in [1.807, 2.05) is 44.2 Å². The van der Waals surface area contributed by atoms with E-state index < -0.39 is 5.54 Å². The van der Waals surface area contributed by atoms with Gasteiger partial charge in [0, 0.05) is 17.4 Å². The van der Waals surface area contributed by atoms with Gasteiger partial charge in [0.1, 0.15) is 5.82 Å². The Kier molecular flexibility index (Phi) is 6.66. The zero-order valence-corrected chi connectivity index (χ0v) is 14.5. The molecule has 0 bridgehead atoms. The first-order valence-corrected chi connectivity index (χ1v) is 7.43. The zero-order valence-electron chi connectivity index (χ0n) is 13.7. The predicted molar refractivity (Wildman–Crippen MR) is 95.6 cm³/mol. The molecule has 124 valence electrons. The highest BCUT2D eigenvalue weighted by molar-refractivity contribution is 5.98. The first-order chi connectivity index (χ1) is 10.4. The van der Waals surface area contributed by atoms with Crippen LogP contribution in [0.2, 0.25) is 0 Å². The van der Waals surface area contributed by atoms with E-state index in [1.54, 1.807) is 13.1 Å². The standard InChI is InChI=1S/C17H22N4O.ClH/c1-4-9-17(3,18)16(22)21-14-7-5-6-13(11-14)15-8-10-19-12(2)20-15;/h5-8,10-11H,4,9,18H2,1-3H3,(H,21,22);1H. The summed E-state index contributed by atoms with van der Waals surface area (Å²) < 4.78 is 0. The van der Waals surface area contributed by atoms with E-state index in [0.29, 0.717) is 17.9 Å². The summed E-state index contributed by atoms with van der Waals surface area (Å²) in [6.07, 6.45) is 3.23. The van der Waals surface area contributed by atoms with Crippen molar-refractivity contribution in [3.8, 4) is 11.3 Å². The monoisotopic (exact) mass is 334 g/mol. The fourth-order valence-corrected chi connectivity index (χ4v) is 2.28. The normalized spacial score (nSPS) is 12.9. The molecule has 23 heavy (non-hydrogen) atoms. The predicted octanol–water partition coefficient (Wildman–Crippen LogP) is 3.33. The van der Waals surface area contributed by atoms with Crippen LogP contribution in [0.4, 0.5) is 5.69 Å². The number of aromatic nitrogens is 2. The Labute approximate surface area is 143 Å². The summed E-state index contributed by atoms with van der Waals surface area (Å²) in [6.45, 7) is 5.61. The van der Waals surface area contributed by atoms with E-state index in [1.165, 1.54) is 0 Å². The number of benzene rings is 1. The molecule has 0 fully saturated rings. The Bertz CT molecular complexity index is 673. The average molecular weight is 335 g/mol. The number of hydrogen-bond acceptors (Lipinski definition) is 4. The second-order valence-corrected chi connectivity index (χ2v) is 5.69. The van der Waals surface area contributed by atoms with Crippen molar-refractivity contribution in [3.05, 3.63) is 42.4 Å². The van der Waals surface area contributed by atoms with Gasteiger partial charge in [-0.05, 0) is 38.5 Å². The topological polar surface area (TPSA) is 80.9 Å². The molecule has 0 saturated heterocycles. The van der Waals surface area contributed by atoms with E-state index >= 15 is 0 Å². The van der Waals surface area contributed by atoms with Crippen molar-refractivity contribution in [2.24, 2.45) is 5.73 Å². The van der Waals surface area contributed by atoms with Crippen molar-refractivity contribution in [2.75, 3.05) is 5.32 Å². The van der Waals surface area contributed by atoms with E-state index in [9.17, 15) is 4.79 Å². The Morgan fingerprint density at radius 2 is 2.09 bits per heavy atom. The van der Waals surface area contributed by atoms with E-state index in [4.69, 9.17) is 5.73 Å². The second kappa shape index (κ2) is 8.04. The zero-order chi connectivity index (χ0) is 16.2. The molecule has 1 aromatic heterocycles. The summed E-state index contributed by atoms with van der Waals surface area (Å²) in [5, 5.41) is 2.88. The fraction of sp³-hybridized carbons (Fsp3) is 0.353. The maximum absolute atomic E-state index is 12.3. The van der Waals surface area contributed by atoms with Crippen LogP contribution in [-0.4, -0.2) is 21.4 Å². The SMILES string of the molecule is CCCC(C)(N)C(=O)Nc1cccc(-c2ccnc(C)n2)c1.Cl. The van der Waals surface area contributed by atoms with Gasteiger partial charge in [-0.3, -0.25) is 4.79 Å². The van der Waals surface area contributed by atoms with Gasteiger partial charge in [0.15, 0.2) is 0 Å². The van der Waals surface area contributed by atoms with Crippen molar-refractivity contribution in [2.45, 2.75) is 39.2 Å². The van der Waals surface area contributed by atoms with Crippen LogP contribution in [-0.2, 0) is 4.79 Å². The van der Waals surface area contributed by atoms with Crippen molar-refractivity contribution >= 4 is 24.0 Å². The first-order valence-electron chi connectivity index (χ1n) is 7.43. The highest BCUT2D eigenvalue weighted by Crippen LogP contribution is 2.21. The molecule has 2 rings (SSSR count). The number of aryl methyl sites for hydroxylation is 1. The van der Waals surface area contributed by atoms with Gasteiger partial charge in [-0.2, -0.15) is 0 Å². The Morgan fingerprint density at radius 3 is 2.74 bits per heavy atom. The maximum atomic E-state index is 12.3. The van der Waals surface area contributed by atoms with E-state index in [-0.39, 0.29) is 18.3 Å². The van der Waals surface area contributed by atoms with Crippen molar-refractivity contribution in [1.82, 2.24) is 9.97 Å². The molecule has 6 heteroatoms. The number of carbonyl (C=O) groups excluding carboxylic acids is 1. The fourth-order valence-electron chi connectivity index (χ4n) is 2.28. The molecule has 1 atom stereocenters. The third-order valence-electron chi connectivity index (χ3n) is 3.48. The minimum absolute atomic E-state index is 0. The second-order valence-electron chi connectivity index (χ2n) is 5.69. The van der Waals surface area contributed by atoms with Gasteiger partial charge in [0.25, 0.3) is 0 Å². The van der Waals surface area contributed by atoms with Gasteiger partial charge < -0.3 is 11.1 Å². The highest BCUT2D eigenvalue weighted by atomic mass is 35.5.